The van der Waals surface area contributed by atoms with Crippen LogP contribution in [0.3, 0.4) is 0 Å². The fraction of sp³-hybridized carbons (Fsp3) is 0.400. The average molecular weight is 305 g/mol. The molecule has 5 nitrogen and oxygen atoms in total. The average Bonchev–Trinajstić information content (AvgIpc) is 3.07. The van der Waals surface area contributed by atoms with Crippen LogP contribution in [0, 0.1) is 0 Å². The van der Waals surface area contributed by atoms with E-state index in [2.05, 4.69) is 27.2 Å². The zero-order valence-electron chi connectivity index (χ0n) is 12.0. The highest BCUT2D eigenvalue weighted by atomic mass is 32.2. The lowest BCUT2D eigenvalue weighted by Crippen LogP contribution is -2.24. The molecule has 112 valence electrons. The Morgan fingerprint density at radius 1 is 1.33 bits per heavy atom. The smallest absolute Gasteiger partial charge is 0.178 e. The van der Waals surface area contributed by atoms with Crippen LogP contribution in [0.15, 0.2) is 41.4 Å². The molecule has 21 heavy (non-hydrogen) atoms. The number of aromatic nitrogens is 2. The minimum absolute atomic E-state index is 0.0948. The molecule has 0 bridgehead atoms. The Labute approximate surface area is 124 Å². The van der Waals surface area contributed by atoms with Crippen LogP contribution in [-0.2, 0) is 16.4 Å². The second-order valence-electron chi connectivity index (χ2n) is 5.53. The number of hydrogen-bond donors (Lipinski definition) is 1. The van der Waals surface area contributed by atoms with Gasteiger partial charge in [0.05, 0.1) is 17.9 Å². The Balaban J connectivity index is 1.87. The molecule has 1 aliphatic heterocycles. The zero-order chi connectivity index (χ0) is 14.9. The Kier molecular flexibility index (Phi) is 3.82. The van der Waals surface area contributed by atoms with Crippen LogP contribution < -0.4 is 0 Å². The number of aromatic amines is 1. The molecule has 1 N–H and O–H groups in total. The second-order valence-corrected chi connectivity index (χ2v) is 7.52. The van der Waals surface area contributed by atoms with E-state index in [1.54, 1.807) is 0 Å². The molecule has 1 atom stereocenters. The largest absolute Gasteiger partial charge is 0.290 e. The molecule has 1 aliphatic rings. The minimum Gasteiger partial charge on any atom is -0.290 e. The highest BCUT2D eigenvalue weighted by Gasteiger charge is 2.31. The van der Waals surface area contributed by atoms with Crippen molar-refractivity contribution in [3.63, 3.8) is 0 Å². The van der Waals surface area contributed by atoms with Crippen molar-refractivity contribution in [3.8, 4) is 0 Å². The van der Waals surface area contributed by atoms with Crippen molar-refractivity contribution < 1.29 is 8.42 Å². The van der Waals surface area contributed by atoms with Gasteiger partial charge in [0, 0.05) is 12.8 Å². The summed E-state index contributed by atoms with van der Waals surface area (Å²) in [5.74, 6) is 0. The first-order valence-corrected chi connectivity index (χ1v) is 8.96. The molecule has 1 aromatic heterocycles. The van der Waals surface area contributed by atoms with Gasteiger partial charge in [-0.05, 0) is 24.9 Å². The van der Waals surface area contributed by atoms with Crippen LogP contribution in [0.5, 0.6) is 0 Å². The van der Waals surface area contributed by atoms with Crippen LogP contribution in [0.25, 0.3) is 0 Å². The Morgan fingerprint density at radius 2 is 2.10 bits per heavy atom. The summed E-state index contributed by atoms with van der Waals surface area (Å²) < 4.78 is 23.7. The molecule has 0 spiro atoms. The Morgan fingerprint density at radius 3 is 2.81 bits per heavy atom. The van der Waals surface area contributed by atoms with Gasteiger partial charge < -0.3 is 0 Å². The van der Waals surface area contributed by atoms with Gasteiger partial charge in [0.25, 0.3) is 0 Å². The first kappa shape index (κ1) is 14.3. The topological polar surface area (TPSA) is 66.1 Å². The van der Waals surface area contributed by atoms with E-state index in [-0.39, 0.29) is 6.04 Å². The van der Waals surface area contributed by atoms with Crippen LogP contribution >= 0.6 is 0 Å². The molecule has 2 aromatic rings. The van der Waals surface area contributed by atoms with Crippen molar-refractivity contribution in [1.29, 1.82) is 0 Å². The van der Waals surface area contributed by atoms with Gasteiger partial charge in [0.15, 0.2) is 9.84 Å². The zero-order valence-corrected chi connectivity index (χ0v) is 12.8. The first-order chi connectivity index (χ1) is 10.1. The van der Waals surface area contributed by atoms with Gasteiger partial charge in [-0.15, -0.1) is 0 Å². The molecule has 1 fully saturated rings. The minimum atomic E-state index is -3.24. The Bertz CT molecular complexity index is 710. The molecule has 1 unspecified atom stereocenters. The summed E-state index contributed by atoms with van der Waals surface area (Å²) in [6.07, 6.45) is 4.68. The maximum Gasteiger partial charge on any atom is 0.178 e. The number of nitrogens with one attached hydrogen (secondary N) is 1. The van der Waals surface area contributed by atoms with E-state index < -0.39 is 9.84 Å². The van der Waals surface area contributed by atoms with Gasteiger partial charge in [0.1, 0.15) is 4.90 Å². The van der Waals surface area contributed by atoms with E-state index in [1.165, 1.54) is 18.0 Å². The molecule has 2 heterocycles. The quantitative estimate of drug-likeness (QED) is 0.940. The molecule has 0 saturated carbocycles. The highest BCUT2D eigenvalue weighted by molar-refractivity contribution is 7.90. The number of sulfone groups is 1. The van der Waals surface area contributed by atoms with Gasteiger partial charge >= 0.3 is 0 Å². The Hall–Kier alpha value is -1.66. The molecular weight excluding hydrogens is 286 g/mol. The van der Waals surface area contributed by atoms with Crippen molar-refractivity contribution in [2.45, 2.75) is 30.3 Å². The van der Waals surface area contributed by atoms with Gasteiger partial charge in [0.2, 0.25) is 0 Å². The van der Waals surface area contributed by atoms with Gasteiger partial charge in [-0.1, -0.05) is 30.3 Å². The van der Waals surface area contributed by atoms with Crippen molar-refractivity contribution in [2.24, 2.45) is 0 Å². The third-order valence-corrected chi connectivity index (χ3v) is 5.08. The van der Waals surface area contributed by atoms with Gasteiger partial charge in [-0.2, -0.15) is 5.10 Å². The second kappa shape index (κ2) is 5.61. The van der Waals surface area contributed by atoms with Crippen molar-refractivity contribution in [1.82, 2.24) is 15.1 Å². The van der Waals surface area contributed by atoms with E-state index in [4.69, 9.17) is 0 Å². The first-order valence-electron chi connectivity index (χ1n) is 7.07. The van der Waals surface area contributed by atoms with Gasteiger partial charge in [-0.3, -0.25) is 10.00 Å². The summed E-state index contributed by atoms with van der Waals surface area (Å²) in [6, 6.07) is 10.3. The predicted molar refractivity (Wildman–Crippen MR) is 80.5 cm³/mol. The summed E-state index contributed by atoms with van der Waals surface area (Å²) in [4.78, 5) is 2.64. The standard InChI is InChI=1S/C15H19N3O2S/c1-21(19,20)14-10-16-17-15(14)13-8-5-9-18(13)11-12-6-3-2-4-7-12/h2-4,6-7,10,13H,5,8-9,11H2,1H3,(H,16,17). The predicted octanol–water partition coefficient (Wildman–Crippen LogP) is 2.15. The van der Waals surface area contributed by atoms with Gasteiger partial charge in [-0.25, -0.2) is 8.42 Å². The lowest BCUT2D eigenvalue weighted by molar-refractivity contribution is 0.241. The lowest BCUT2D eigenvalue weighted by atomic mass is 10.1. The van der Waals surface area contributed by atoms with Crippen LogP contribution in [0.1, 0.15) is 30.1 Å². The number of rotatable bonds is 4. The summed E-state index contributed by atoms with van der Waals surface area (Å²) in [6.45, 7) is 1.80. The van der Waals surface area contributed by atoms with E-state index in [9.17, 15) is 8.42 Å². The lowest BCUT2D eigenvalue weighted by Gasteiger charge is -2.24. The van der Waals surface area contributed by atoms with E-state index in [0.717, 1.165) is 31.6 Å². The van der Waals surface area contributed by atoms with Crippen LogP contribution in [0.4, 0.5) is 0 Å². The van der Waals surface area contributed by atoms with Crippen molar-refractivity contribution >= 4 is 9.84 Å². The summed E-state index contributed by atoms with van der Waals surface area (Å²) in [7, 11) is -3.24. The molecule has 0 radical (unpaired) electrons. The van der Waals surface area contributed by atoms with E-state index in [0.29, 0.717) is 4.90 Å². The fourth-order valence-electron chi connectivity index (χ4n) is 2.98. The third-order valence-electron chi connectivity index (χ3n) is 3.96. The van der Waals surface area contributed by atoms with E-state index >= 15 is 0 Å². The summed E-state index contributed by atoms with van der Waals surface area (Å²) in [5.41, 5.74) is 1.97. The molecule has 3 rings (SSSR count). The summed E-state index contributed by atoms with van der Waals surface area (Å²) >= 11 is 0. The molecule has 1 saturated heterocycles. The number of likely N-dealkylation sites (tertiary alicyclic amines) is 1. The number of nitrogens with zero attached hydrogens (tertiary/aromatic N) is 2. The number of benzene rings is 1. The summed E-state index contributed by atoms with van der Waals surface area (Å²) in [5, 5.41) is 6.84. The normalized spacial score (nSPS) is 20.0. The number of H-pyrrole nitrogens is 1. The van der Waals surface area contributed by atoms with Crippen molar-refractivity contribution in [2.75, 3.05) is 12.8 Å². The molecular formula is C15H19N3O2S. The molecule has 6 heteroatoms. The van der Waals surface area contributed by atoms with Crippen LogP contribution in [0.2, 0.25) is 0 Å². The monoisotopic (exact) mass is 305 g/mol. The highest BCUT2D eigenvalue weighted by Crippen LogP contribution is 2.35. The number of hydrogen-bond acceptors (Lipinski definition) is 4. The molecule has 0 aliphatic carbocycles. The maximum absolute atomic E-state index is 11.9. The SMILES string of the molecule is CS(=O)(=O)c1cn[nH]c1C1CCCN1Cc1ccccc1. The fourth-order valence-corrected chi connectivity index (χ4v) is 3.80. The van der Waals surface area contributed by atoms with E-state index in [1.807, 2.05) is 18.2 Å². The van der Waals surface area contributed by atoms with Crippen LogP contribution in [-0.4, -0.2) is 36.3 Å². The molecule has 0 amide bonds. The van der Waals surface area contributed by atoms with Crippen molar-refractivity contribution in [3.05, 3.63) is 47.8 Å². The third kappa shape index (κ3) is 3.01. The maximum atomic E-state index is 11.9. The molecule has 1 aromatic carbocycles.